The highest BCUT2D eigenvalue weighted by molar-refractivity contribution is 9.10. The first-order chi connectivity index (χ1) is 6.70. The first-order valence-corrected chi connectivity index (χ1v) is 5.45. The molecule has 0 radical (unpaired) electrons. The molecule has 4 heteroatoms. The molecule has 0 saturated heterocycles. The standard InChI is InChI=1S/C10H9BrClNO/c11-7-3-6-4-8(1-2-13)14-10(6)9(12)5-7/h3-5H,1-2,13H2. The van der Waals surface area contributed by atoms with Crippen LogP contribution in [0.25, 0.3) is 11.0 Å². The Balaban J connectivity index is 2.58. The molecule has 0 saturated carbocycles. The van der Waals surface area contributed by atoms with Crippen LogP contribution < -0.4 is 5.73 Å². The summed E-state index contributed by atoms with van der Waals surface area (Å²) in [5.41, 5.74) is 6.18. The molecule has 0 aliphatic heterocycles. The minimum absolute atomic E-state index is 0.582. The van der Waals surface area contributed by atoms with Crippen molar-refractivity contribution < 1.29 is 4.42 Å². The van der Waals surface area contributed by atoms with E-state index < -0.39 is 0 Å². The van der Waals surface area contributed by atoms with Crippen molar-refractivity contribution >= 4 is 38.5 Å². The predicted octanol–water partition coefficient (Wildman–Crippen LogP) is 3.35. The zero-order chi connectivity index (χ0) is 10.1. The Labute approximate surface area is 95.1 Å². The van der Waals surface area contributed by atoms with Gasteiger partial charge in [-0.15, -0.1) is 0 Å². The smallest absolute Gasteiger partial charge is 0.152 e. The summed E-state index contributed by atoms with van der Waals surface area (Å²) >= 11 is 9.40. The molecule has 74 valence electrons. The van der Waals surface area contributed by atoms with Crippen LogP contribution in [0.3, 0.4) is 0 Å². The van der Waals surface area contributed by atoms with Gasteiger partial charge in [-0.05, 0) is 24.7 Å². The number of hydrogen-bond donors (Lipinski definition) is 1. The topological polar surface area (TPSA) is 39.2 Å². The largest absolute Gasteiger partial charge is 0.459 e. The molecule has 0 unspecified atom stereocenters. The zero-order valence-electron chi connectivity index (χ0n) is 7.39. The van der Waals surface area contributed by atoms with Crippen molar-refractivity contribution in [2.75, 3.05) is 6.54 Å². The maximum absolute atomic E-state index is 6.02. The minimum Gasteiger partial charge on any atom is -0.459 e. The average Bonchev–Trinajstić information content (AvgIpc) is 2.48. The lowest BCUT2D eigenvalue weighted by molar-refractivity contribution is 0.550. The molecular formula is C10H9BrClNO. The summed E-state index contributed by atoms with van der Waals surface area (Å²) in [7, 11) is 0. The molecule has 1 aromatic heterocycles. The predicted molar refractivity (Wildman–Crippen MR) is 61.7 cm³/mol. The third-order valence-corrected chi connectivity index (χ3v) is 2.72. The van der Waals surface area contributed by atoms with Gasteiger partial charge in [-0.2, -0.15) is 0 Å². The molecule has 0 aliphatic carbocycles. The van der Waals surface area contributed by atoms with E-state index >= 15 is 0 Å². The minimum atomic E-state index is 0.582. The average molecular weight is 275 g/mol. The van der Waals surface area contributed by atoms with Gasteiger partial charge in [-0.1, -0.05) is 27.5 Å². The van der Waals surface area contributed by atoms with Gasteiger partial charge in [0.2, 0.25) is 0 Å². The molecule has 0 atom stereocenters. The van der Waals surface area contributed by atoms with Gasteiger partial charge in [0.1, 0.15) is 5.76 Å². The van der Waals surface area contributed by atoms with Gasteiger partial charge in [0.15, 0.2) is 5.58 Å². The number of rotatable bonds is 2. The Morgan fingerprint density at radius 3 is 2.86 bits per heavy atom. The van der Waals surface area contributed by atoms with Crippen LogP contribution in [0, 0.1) is 0 Å². The highest BCUT2D eigenvalue weighted by Crippen LogP contribution is 2.30. The van der Waals surface area contributed by atoms with E-state index in [1.807, 2.05) is 18.2 Å². The van der Waals surface area contributed by atoms with Gasteiger partial charge < -0.3 is 10.2 Å². The second kappa shape index (κ2) is 3.93. The molecule has 1 heterocycles. The van der Waals surface area contributed by atoms with Crippen LogP contribution in [0.4, 0.5) is 0 Å². The van der Waals surface area contributed by atoms with Crippen LogP contribution in [0.15, 0.2) is 27.1 Å². The van der Waals surface area contributed by atoms with E-state index in [1.165, 1.54) is 0 Å². The van der Waals surface area contributed by atoms with E-state index in [2.05, 4.69) is 15.9 Å². The Kier molecular flexibility index (Phi) is 2.81. The quantitative estimate of drug-likeness (QED) is 0.912. The monoisotopic (exact) mass is 273 g/mol. The van der Waals surface area contributed by atoms with Crippen molar-refractivity contribution in [3.8, 4) is 0 Å². The van der Waals surface area contributed by atoms with Crippen LogP contribution in [0.5, 0.6) is 0 Å². The summed E-state index contributed by atoms with van der Waals surface area (Å²) in [4.78, 5) is 0. The summed E-state index contributed by atoms with van der Waals surface area (Å²) in [6.07, 6.45) is 0.739. The van der Waals surface area contributed by atoms with Crippen LogP contribution in [0.1, 0.15) is 5.76 Å². The lowest BCUT2D eigenvalue weighted by Crippen LogP contribution is -2.01. The molecule has 2 nitrogen and oxygen atoms in total. The molecule has 0 aliphatic rings. The lowest BCUT2D eigenvalue weighted by Gasteiger charge is -1.93. The fraction of sp³-hybridized carbons (Fsp3) is 0.200. The first kappa shape index (κ1) is 10.0. The van der Waals surface area contributed by atoms with E-state index in [0.717, 1.165) is 27.6 Å². The third kappa shape index (κ3) is 1.80. The summed E-state index contributed by atoms with van der Waals surface area (Å²) < 4.78 is 6.52. The number of benzene rings is 1. The maximum Gasteiger partial charge on any atom is 0.152 e. The molecule has 0 amide bonds. The maximum atomic E-state index is 6.02. The number of halogens is 2. The van der Waals surface area contributed by atoms with Gasteiger partial charge in [-0.3, -0.25) is 0 Å². The molecule has 2 N–H and O–H groups in total. The Hall–Kier alpha value is -0.510. The van der Waals surface area contributed by atoms with E-state index in [9.17, 15) is 0 Å². The lowest BCUT2D eigenvalue weighted by atomic mass is 10.2. The molecule has 0 fully saturated rings. The van der Waals surface area contributed by atoms with Crippen molar-refractivity contribution in [2.45, 2.75) is 6.42 Å². The normalized spacial score (nSPS) is 11.1. The van der Waals surface area contributed by atoms with Gasteiger partial charge in [0.25, 0.3) is 0 Å². The number of nitrogens with two attached hydrogens (primary N) is 1. The molecule has 2 rings (SSSR count). The Bertz CT molecular complexity index is 466. The van der Waals surface area contributed by atoms with Crippen molar-refractivity contribution in [1.29, 1.82) is 0 Å². The summed E-state index contributed by atoms with van der Waals surface area (Å²) in [5.74, 6) is 0.877. The fourth-order valence-electron chi connectivity index (χ4n) is 1.39. The molecule has 0 spiro atoms. The summed E-state index contributed by atoms with van der Waals surface area (Å²) in [6.45, 7) is 0.582. The van der Waals surface area contributed by atoms with Crippen LogP contribution in [-0.2, 0) is 6.42 Å². The van der Waals surface area contributed by atoms with E-state index in [1.54, 1.807) is 0 Å². The second-order valence-electron chi connectivity index (χ2n) is 3.06. The van der Waals surface area contributed by atoms with Gasteiger partial charge >= 0.3 is 0 Å². The Morgan fingerprint density at radius 2 is 2.14 bits per heavy atom. The van der Waals surface area contributed by atoms with Crippen LogP contribution in [-0.4, -0.2) is 6.54 Å². The Morgan fingerprint density at radius 1 is 1.36 bits per heavy atom. The zero-order valence-corrected chi connectivity index (χ0v) is 9.73. The van der Waals surface area contributed by atoms with Gasteiger partial charge in [-0.25, -0.2) is 0 Å². The summed E-state index contributed by atoms with van der Waals surface area (Å²) in [5, 5.41) is 1.63. The van der Waals surface area contributed by atoms with E-state index in [-0.39, 0.29) is 0 Å². The van der Waals surface area contributed by atoms with E-state index in [0.29, 0.717) is 11.6 Å². The third-order valence-electron chi connectivity index (χ3n) is 1.98. The first-order valence-electron chi connectivity index (χ1n) is 4.28. The fourth-order valence-corrected chi connectivity index (χ4v) is 2.27. The van der Waals surface area contributed by atoms with Crippen molar-refractivity contribution in [3.05, 3.63) is 33.5 Å². The SMILES string of the molecule is NCCc1cc2cc(Br)cc(Cl)c2o1. The van der Waals surface area contributed by atoms with Crippen molar-refractivity contribution in [2.24, 2.45) is 5.73 Å². The molecular weight excluding hydrogens is 265 g/mol. The summed E-state index contributed by atoms with van der Waals surface area (Å²) in [6, 6.07) is 5.77. The van der Waals surface area contributed by atoms with Crippen molar-refractivity contribution in [1.82, 2.24) is 0 Å². The molecule has 0 bridgehead atoms. The van der Waals surface area contributed by atoms with Gasteiger partial charge in [0, 0.05) is 16.3 Å². The molecule has 1 aromatic carbocycles. The second-order valence-corrected chi connectivity index (χ2v) is 4.38. The highest BCUT2D eigenvalue weighted by Gasteiger charge is 2.07. The number of hydrogen-bond acceptors (Lipinski definition) is 2. The van der Waals surface area contributed by atoms with Crippen LogP contribution in [0.2, 0.25) is 5.02 Å². The number of furan rings is 1. The van der Waals surface area contributed by atoms with Crippen molar-refractivity contribution in [3.63, 3.8) is 0 Å². The number of fused-ring (bicyclic) bond motifs is 1. The highest BCUT2D eigenvalue weighted by atomic mass is 79.9. The molecule has 2 aromatic rings. The van der Waals surface area contributed by atoms with Crippen LogP contribution >= 0.6 is 27.5 Å². The van der Waals surface area contributed by atoms with Gasteiger partial charge in [0.05, 0.1) is 5.02 Å². The molecule has 14 heavy (non-hydrogen) atoms. The van der Waals surface area contributed by atoms with E-state index in [4.69, 9.17) is 21.8 Å².